The average Bonchev–Trinajstić information content (AvgIpc) is 2.36. The summed E-state index contributed by atoms with van der Waals surface area (Å²) in [6, 6.07) is 10.9. The molecule has 4 heteroatoms. The smallest absolute Gasteiger partial charge is 0.337 e. The first-order valence-electron chi connectivity index (χ1n) is 6.23. The van der Waals surface area contributed by atoms with Crippen molar-refractivity contribution >= 4 is 28.9 Å². The molecular weight excluding hydrogens is 274 g/mol. The van der Waals surface area contributed by atoms with E-state index in [1.807, 2.05) is 37.9 Å². The molecule has 0 bridgehead atoms. The van der Waals surface area contributed by atoms with Crippen LogP contribution >= 0.6 is 11.6 Å². The van der Waals surface area contributed by atoms with Crippen molar-refractivity contribution in [3.63, 3.8) is 0 Å². The van der Waals surface area contributed by atoms with Gasteiger partial charge in [0.15, 0.2) is 0 Å². The summed E-state index contributed by atoms with van der Waals surface area (Å²) >= 11 is 6.00. The van der Waals surface area contributed by atoms with Gasteiger partial charge in [0.25, 0.3) is 0 Å². The van der Waals surface area contributed by atoms with Crippen molar-refractivity contribution in [1.29, 1.82) is 0 Å². The highest BCUT2D eigenvalue weighted by molar-refractivity contribution is 6.31. The molecule has 0 aromatic heterocycles. The number of hydrogen-bond acceptors (Lipinski definition) is 2. The molecule has 0 saturated heterocycles. The first-order valence-corrected chi connectivity index (χ1v) is 6.61. The molecule has 0 aliphatic heterocycles. The van der Waals surface area contributed by atoms with E-state index in [4.69, 9.17) is 11.6 Å². The van der Waals surface area contributed by atoms with Crippen LogP contribution in [0.25, 0.3) is 0 Å². The summed E-state index contributed by atoms with van der Waals surface area (Å²) in [5.74, 6) is -0.965. The van der Waals surface area contributed by atoms with Crippen molar-refractivity contribution in [3.05, 3.63) is 58.1 Å². The lowest BCUT2D eigenvalue weighted by Gasteiger charge is -2.22. The molecule has 2 aromatic rings. The Kier molecular flexibility index (Phi) is 4.00. The number of carboxylic acid groups (broad SMARTS) is 1. The third-order valence-electron chi connectivity index (χ3n) is 3.15. The number of nitrogens with zero attached hydrogens (tertiary/aromatic N) is 1. The molecule has 0 unspecified atom stereocenters. The summed E-state index contributed by atoms with van der Waals surface area (Å²) in [6.07, 6.45) is 0. The number of carbonyl (C=O) groups is 1. The summed E-state index contributed by atoms with van der Waals surface area (Å²) in [5.41, 5.74) is 4.01. The zero-order chi connectivity index (χ0) is 14.9. The number of halogens is 1. The minimum atomic E-state index is -0.965. The van der Waals surface area contributed by atoms with Crippen LogP contribution in [0.15, 0.2) is 36.4 Å². The molecule has 0 amide bonds. The fourth-order valence-corrected chi connectivity index (χ4v) is 2.41. The lowest BCUT2D eigenvalue weighted by molar-refractivity contribution is 0.0697. The molecule has 0 saturated carbocycles. The second-order valence-corrected chi connectivity index (χ2v) is 5.31. The van der Waals surface area contributed by atoms with Crippen molar-refractivity contribution in [2.75, 3.05) is 11.9 Å². The minimum absolute atomic E-state index is 0.232. The largest absolute Gasteiger partial charge is 0.478 e. The summed E-state index contributed by atoms with van der Waals surface area (Å²) in [5, 5.41) is 9.81. The van der Waals surface area contributed by atoms with E-state index in [1.165, 1.54) is 6.07 Å². The van der Waals surface area contributed by atoms with Crippen molar-refractivity contribution in [2.24, 2.45) is 0 Å². The Bertz CT molecular complexity index is 647. The van der Waals surface area contributed by atoms with E-state index in [1.54, 1.807) is 12.1 Å². The molecule has 20 heavy (non-hydrogen) atoms. The molecule has 1 N–H and O–H groups in total. The molecule has 0 atom stereocenters. The third kappa shape index (κ3) is 2.94. The van der Waals surface area contributed by atoms with E-state index >= 15 is 0 Å². The van der Waals surface area contributed by atoms with E-state index in [0.29, 0.717) is 10.7 Å². The SMILES string of the molecule is Cc1cc(C)cc(N(C)c2cc(Cl)ccc2C(=O)O)c1. The van der Waals surface area contributed by atoms with Crippen LogP contribution in [0.4, 0.5) is 11.4 Å². The van der Waals surface area contributed by atoms with Crippen molar-refractivity contribution < 1.29 is 9.90 Å². The molecule has 3 nitrogen and oxygen atoms in total. The van der Waals surface area contributed by atoms with Crippen LogP contribution in [-0.4, -0.2) is 18.1 Å². The van der Waals surface area contributed by atoms with Gasteiger partial charge in [-0.05, 0) is 55.3 Å². The van der Waals surface area contributed by atoms with Gasteiger partial charge in [0, 0.05) is 17.8 Å². The number of anilines is 2. The lowest BCUT2D eigenvalue weighted by atomic mass is 10.1. The van der Waals surface area contributed by atoms with Gasteiger partial charge >= 0.3 is 5.97 Å². The van der Waals surface area contributed by atoms with E-state index < -0.39 is 5.97 Å². The number of benzene rings is 2. The standard InChI is InChI=1S/C16H16ClNO2/c1-10-6-11(2)8-13(7-10)18(3)15-9-12(17)4-5-14(15)16(19)20/h4-9H,1-3H3,(H,19,20). The highest BCUT2D eigenvalue weighted by atomic mass is 35.5. The fraction of sp³-hybridized carbons (Fsp3) is 0.188. The van der Waals surface area contributed by atoms with E-state index in [-0.39, 0.29) is 5.56 Å². The number of aromatic carboxylic acids is 1. The Morgan fingerprint density at radius 2 is 1.70 bits per heavy atom. The van der Waals surface area contributed by atoms with Gasteiger partial charge in [-0.15, -0.1) is 0 Å². The van der Waals surface area contributed by atoms with Crippen LogP contribution in [0, 0.1) is 13.8 Å². The van der Waals surface area contributed by atoms with Crippen LogP contribution in [0.5, 0.6) is 0 Å². The maximum atomic E-state index is 11.3. The van der Waals surface area contributed by atoms with Gasteiger partial charge in [0.2, 0.25) is 0 Å². The summed E-state index contributed by atoms with van der Waals surface area (Å²) in [6.45, 7) is 4.03. The zero-order valence-corrected chi connectivity index (χ0v) is 12.4. The maximum absolute atomic E-state index is 11.3. The molecule has 0 heterocycles. The van der Waals surface area contributed by atoms with Gasteiger partial charge in [0.1, 0.15) is 0 Å². The summed E-state index contributed by atoms with van der Waals surface area (Å²) in [7, 11) is 1.84. The maximum Gasteiger partial charge on any atom is 0.337 e. The van der Waals surface area contributed by atoms with Crippen molar-refractivity contribution in [3.8, 4) is 0 Å². The molecule has 0 fully saturated rings. The highest BCUT2D eigenvalue weighted by Crippen LogP contribution is 2.30. The van der Waals surface area contributed by atoms with E-state index in [0.717, 1.165) is 16.8 Å². The van der Waals surface area contributed by atoms with Gasteiger partial charge in [-0.2, -0.15) is 0 Å². The predicted octanol–water partition coefficient (Wildman–Crippen LogP) is 4.42. The second kappa shape index (κ2) is 5.55. The molecule has 2 rings (SSSR count). The van der Waals surface area contributed by atoms with Gasteiger partial charge in [0.05, 0.1) is 11.3 Å². The number of aryl methyl sites for hydroxylation is 2. The van der Waals surface area contributed by atoms with Crippen LogP contribution in [0.1, 0.15) is 21.5 Å². The first-order chi connectivity index (χ1) is 9.38. The fourth-order valence-electron chi connectivity index (χ4n) is 2.25. The molecule has 0 aliphatic rings. The zero-order valence-electron chi connectivity index (χ0n) is 11.6. The summed E-state index contributed by atoms with van der Waals surface area (Å²) < 4.78 is 0. The monoisotopic (exact) mass is 289 g/mol. The predicted molar refractivity (Wildman–Crippen MR) is 82.4 cm³/mol. The summed E-state index contributed by atoms with van der Waals surface area (Å²) in [4.78, 5) is 13.2. The third-order valence-corrected chi connectivity index (χ3v) is 3.38. The average molecular weight is 290 g/mol. The number of carboxylic acids is 1. The van der Waals surface area contributed by atoms with Crippen LogP contribution in [0.2, 0.25) is 5.02 Å². The first kappa shape index (κ1) is 14.4. The molecule has 104 valence electrons. The van der Waals surface area contributed by atoms with E-state index in [9.17, 15) is 9.90 Å². The second-order valence-electron chi connectivity index (χ2n) is 4.87. The van der Waals surface area contributed by atoms with Gasteiger partial charge in [-0.3, -0.25) is 0 Å². The Morgan fingerprint density at radius 1 is 1.10 bits per heavy atom. The van der Waals surface area contributed by atoms with Gasteiger partial charge in [-0.1, -0.05) is 17.7 Å². The van der Waals surface area contributed by atoms with Gasteiger partial charge < -0.3 is 10.0 Å². The molecule has 0 spiro atoms. The number of hydrogen-bond donors (Lipinski definition) is 1. The number of rotatable bonds is 3. The minimum Gasteiger partial charge on any atom is -0.478 e. The quantitative estimate of drug-likeness (QED) is 0.909. The highest BCUT2D eigenvalue weighted by Gasteiger charge is 2.15. The Labute approximate surface area is 123 Å². The Morgan fingerprint density at radius 3 is 2.25 bits per heavy atom. The van der Waals surface area contributed by atoms with E-state index in [2.05, 4.69) is 6.07 Å². The van der Waals surface area contributed by atoms with Crippen molar-refractivity contribution in [1.82, 2.24) is 0 Å². The van der Waals surface area contributed by atoms with Crippen LogP contribution in [0.3, 0.4) is 0 Å². The molecule has 2 aromatic carbocycles. The van der Waals surface area contributed by atoms with Crippen molar-refractivity contribution in [2.45, 2.75) is 13.8 Å². The Balaban J connectivity index is 2.54. The van der Waals surface area contributed by atoms with Crippen LogP contribution in [-0.2, 0) is 0 Å². The molecule has 0 radical (unpaired) electrons. The van der Waals surface area contributed by atoms with Crippen LogP contribution < -0.4 is 4.90 Å². The van der Waals surface area contributed by atoms with Gasteiger partial charge in [-0.25, -0.2) is 4.79 Å². The lowest BCUT2D eigenvalue weighted by Crippen LogP contribution is -2.14. The topological polar surface area (TPSA) is 40.5 Å². The molecule has 0 aliphatic carbocycles. The Hall–Kier alpha value is -2.00. The normalized spacial score (nSPS) is 10.4. The molecular formula is C16H16ClNO2.